The van der Waals surface area contributed by atoms with E-state index in [0.29, 0.717) is 18.2 Å². The van der Waals surface area contributed by atoms with Crippen LogP contribution in [0, 0.1) is 0 Å². The lowest BCUT2D eigenvalue weighted by Crippen LogP contribution is -2.42. The van der Waals surface area contributed by atoms with Crippen molar-refractivity contribution in [3.63, 3.8) is 0 Å². The van der Waals surface area contributed by atoms with Crippen molar-refractivity contribution in [2.75, 3.05) is 14.1 Å². The Hall–Kier alpha value is -1.16. The molecule has 47 heavy (non-hydrogen) atoms. The number of ether oxygens (including phenoxy) is 2. The third-order valence-electron chi connectivity index (χ3n) is 10.5. The van der Waals surface area contributed by atoms with Crippen molar-refractivity contribution in [1.82, 2.24) is 4.90 Å². The second kappa shape index (κ2) is 28.7. The van der Waals surface area contributed by atoms with Crippen LogP contribution in [-0.2, 0) is 9.47 Å². The first-order valence-corrected chi connectivity index (χ1v) is 20.7. The fraction of sp³-hybridized carbons (Fsp3) is 0.818. The molecule has 2 aliphatic rings. The molecule has 1 saturated heterocycles. The highest BCUT2D eigenvalue weighted by molar-refractivity contribution is 4.94. The molecule has 272 valence electrons. The molecular formula is C44H79NO2. The van der Waals surface area contributed by atoms with Crippen LogP contribution in [0.1, 0.15) is 194 Å². The highest BCUT2D eigenvalue weighted by Crippen LogP contribution is 2.43. The van der Waals surface area contributed by atoms with Gasteiger partial charge in [-0.1, -0.05) is 140 Å². The van der Waals surface area contributed by atoms with E-state index in [-0.39, 0.29) is 5.79 Å². The summed E-state index contributed by atoms with van der Waals surface area (Å²) in [5, 5.41) is 0. The van der Waals surface area contributed by atoms with E-state index in [4.69, 9.17) is 9.47 Å². The molecule has 0 aromatic rings. The Morgan fingerprint density at radius 2 is 0.851 bits per heavy atom. The highest BCUT2D eigenvalue weighted by atomic mass is 16.8. The van der Waals surface area contributed by atoms with Gasteiger partial charge in [0, 0.05) is 18.9 Å². The van der Waals surface area contributed by atoms with Crippen molar-refractivity contribution in [2.24, 2.45) is 0 Å². The van der Waals surface area contributed by atoms with Gasteiger partial charge in [-0.3, -0.25) is 0 Å². The summed E-state index contributed by atoms with van der Waals surface area (Å²) in [5.41, 5.74) is 0. The highest BCUT2D eigenvalue weighted by Gasteiger charge is 2.48. The lowest BCUT2D eigenvalue weighted by Gasteiger charge is -2.38. The minimum absolute atomic E-state index is 0.296. The van der Waals surface area contributed by atoms with Gasteiger partial charge in [0.15, 0.2) is 5.79 Å². The molecule has 1 heterocycles. The summed E-state index contributed by atoms with van der Waals surface area (Å²) >= 11 is 0. The van der Waals surface area contributed by atoms with Crippen molar-refractivity contribution < 1.29 is 9.47 Å². The van der Waals surface area contributed by atoms with Gasteiger partial charge in [0.2, 0.25) is 0 Å². The minimum Gasteiger partial charge on any atom is -0.344 e. The zero-order valence-electron chi connectivity index (χ0n) is 31.9. The summed E-state index contributed by atoms with van der Waals surface area (Å²) < 4.78 is 13.7. The predicted octanol–water partition coefficient (Wildman–Crippen LogP) is 13.6. The lowest BCUT2D eigenvalue weighted by atomic mass is 9.89. The van der Waals surface area contributed by atoms with Gasteiger partial charge in [-0.2, -0.15) is 0 Å². The summed E-state index contributed by atoms with van der Waals surface area (Å²) in [4.78, 5) is 2.39. The smallest absolute Gasteiger partial charge is 0.169 e. The van der Waals surface area contributed by atoms with Gasteiger partial charge < -0.3 is 14.4 Å². The summed E-state index contributed by atoms with van der Waals surface area (Å²) in [6, 6.07) is 0.675. The number of nitrogens with zero attached hydrogens (tertiary/aromatic N) is 1. The lowest BCUT2D eigenvalue weighted by molar-refractivity contribution is -0.200. The first-order chi connectivity index (χ1) is 23.1. The van der Waals surface area contributed by atoms with Crippen LogP contribution >= 0.6 is 0 Å². The third-order valence-corrected chi connectivity index (χ3v) is 10.5. The van der Waals surface area contributed by atoms with Crippen LogP contribution in [0.5, 0.6) is 0 Å². The SMILES string of the molecule is CCCCC/C=C\C/C=C\CCCCCCC[C@@H]1OC2(CCC(N(C)C)CC2)O[C@@H]1CCCCCCC/C=C\C/C=C\CCCCC. The Kier molecular flexibility index (Phi) is 25.6. The Bertz CT molecular complexity index is 763. The number of unbranched alkanes of at least 4 members (excludes halogenated alkanes) is 16. The van der Waals surface area contributed by atoms with E-state index in [1.807, 2.05) is 0 Å². The van der Waals surface area contributed by atoms with Crippen molar-refractivity contribution in [2.45, 2.75) is 218 Å². The fourth-order valence-corrected chi connectivity index (χ4v) is 7.33. The zero-order valence-corrected chi connectivity index (χ0v) is 31.9. The van der Waals surface area contributed by atoms with E-state index in [1.165, 1.54) is 154 Å². The average Bonchev–Trinajstić information content (AvgIpc) is 3.40. The Labute approximate surface area is 294 Å². The molecule has 1 aliphatic carbocycles. The molecule has 1 aliphatic heterocycles. The van der Waals surface area contributed by atoms with E-state index in [1.54, 1.807) is 0 Å². The number of hydrogen-bond donors (Lipinski definition) is 0. The molecule has 0 radical (unpaired) electrons. The summed E-state index contributed by atoms with van der Waals surface area (Å²) in [6.07, 6.45) is 54.8. The fourth-order valence-electron chi connectivity index (χ4n) is 7.33. The van der Waals surface area contributed by atoms with Gasteiger partial charge in [0.1, 0.15) is 0 Å². The number of hydrogen-bond acceptors (Lipinski definition) is 3. The molecule has 0 unspecified atom stereocenters. The third kappa shape index (κ3) is 20.8. The maximum Gasteiger partial charge on any atom is 0.169 e. The molecule has 3 heteroatoms. The summed E-state index contributed by atoms with van der Waals surface area (Å²) in [6.45, 7) is 4.54. The van der Waals surface area contributed by atoms with Gasteiger partial charge in [-0.05, 0) is 104 Å². The first-order valence-electron chi connectivity index (χ1n) is 20.7. The largest absolute Gasteiger partial charge is 0.344 e. The van der Waals surface area contributed by atoms with E-state index in [9.17, 15) is 0 Å². The van der Waals surface area contributed by atoms with Crippen molar-refractivity contribution in [3.05, 3.63) is 48.6 Å². The van der Waals surface area contributed by atoms with Gasteiger partial charge >= 0.3 is 0 Å². The molecule has 2 atom stereocenters. The van der Waals surface area contributed by atoms with Gasteiger partial charge in [0.25, 0.3) is 0 Å². The van der Waals surface area contributed by atoms with E-state index in [0.717, 1.165) is 25.7 Å². The summed E-state index contributed by atoms with van der Waals surface area (Å²) in [5.74, 6) is -0.296. The Morgan fingerprint density at radius 3 is 1.23 bits per heavy atom. The molecule has 0 N–H and O–H groups in total. The van der Waals surface area contributed by atoms with Crippen LogP contribution < -0.4 is 0 Å². The van der Waals surface area contributed by atoms with Crippen molar-refractivity contribution >= 4 is 0 Å². The molecule has 0 amide bonds. The van der Waals surface area contributed by atoms with Crippen LogP contribution in [0.25, 0.3) is 0 Å². The Balaban J connectivity index is 1.59. The topological polar surface area (TPSA) is 21.7 Å². The predicted molar refractivity (Wildman–Crippen MR) is 207 cm³/mol. The number of rotatable bonds is 29. The minimum atomic E-state index is -0.296. The molecule has 2 fully saturated rings. The quantitative estimate of drug-likeness (QED) is 0.0592. The maximum atomic E-state index is 6.86. The van der Waals surface area contributed by atoms with Crippen molar-refractivity contribution in [1.29, 1.82) is 0 Å². The van der Waals surface area contributed by atoms with E-state index >= 15 is 0 Å². The second-order valence-electron chi connectivity index (χ2n) is 15.0. The number of allylic oxidation sites excluding steroid dienone is 8. The van der Waals surface area contributed by atoms with E-state index < -0.39 is 0 Å². The maximum absolute atomic E-state index is 6.86. The van der Waals surface area contributed by atoms with Crippen molar-refractivity contribution in [3.8, 4) is 0 Å². The zero-order chi connectivity index (χ0) is 33.7. The van der Waals surface area contributed by atoms with Crippen LogP contribution in [-0.4, -0.2) is 43.0 Å². The molecule has 2 rings (SSSR count). The van der Waals surface area contributed by atoms with Crippen LogP contribution in [0.3, 0.4) is 0 Å². The average molecular weight is 654 g/mol. The van der Waals surface area contributed by atoms with Crippen LogP contribution in [0.2, 0.25) is 0 Å². The first kappa shape index (κ1) is 42.0. The Morgan fingerprint density at radius 1 is 0.489 bits per heavy atom. The monoisotopic (exact) mass is 654 g/mol. The van der Waals surface area contributed by atoms with Crippen LogP contribution in [0.4, 0.5) is 0 Å². The normalized spacial score (nSPS) is 23.7. The van der Waals surface area contributed by atoms with Gasteiger partial charge in [-0.25, -0.2) is 0 Å². The summed E-state index contributed by atoms with van der Waals surface area (Å²) in [7, 11) is 4.44. The van der Waals surface area contributed by atoms with Crippen LogP contribution in [0.15, 0.2) is 48.6 Å². The second-order valence-corrected chi connectivity index (χ2v) is 15.0. The van der Waals surface area contributed by atoms with Gasteiger partial charge in [0.05, 0.1) is 12.2 Å². The molecule has 1 saturated carbocycles. The molecule has 0 bridgehead atoms. The standard InChI is InChI=1S/C44H79NO2/c1-5-7-9-11-13-15-17-19-21-23-25-27-29-31-33-35-42-43(47-44(46-42)39-37-41(38-40-44)45(3)4)36-34-32-30-28-26-24-22-20-18-16-14-12-10-8-6-2/h13-16,19-22,41-43H,5-12,17-18,23-40H2,1-4H3/b15-13-,16-14-,21-19-,22-20-/t41?,42-,43+,44?. The molecule has 3 nitrogen and oxygen atoms in total. The van der Waals surface area contributed by atoms with Gasteiger partial charge in [-0.15, -0.1) is 0 Å². The molecule has 0 aromatic carbocycles. The van der Waals surface area contributed by atoms with E-state index in [2.05, 4.69) is 81.5 Å². The molecule has 1 spiro atoms. The molecular weight excluding hydrogens is 574 g/mol. The molecule has 0 aromatic heterocycles.